The van der Waals surface area contributed by atoms with E-state index in [1.807, 2.05) is 36.4 Å². The van der Waals surface area contributed by atoms with Crippen LogP contribution in [0.4, 0.5) is 0 Å². The van der Waals surface area contributed by atoms with E-state index in [4.69, 9.17) is 17.3 Å². The maximum absolute atomic E-state index is 12.3. The molecule has 0 spiro atoms. The highest BCUT2D eigenvalue weighted by atomic mass is 35.5. The molecule has 110 valence electrons. The summed E-state index contributed by atoms with van der Waals surface area (Å²) in [6.07, 6.45) is 0. The molecular formula is C16H16ClNO2S. The van der Waals surface area contributed by atoms with Gasteiger partial charge in [-0.05, 0) is 29.8 Å². The monoisotopic (exact) mass is 321 g/mol. The molecule has 2 N–H and O–H groups in total. The van der Waals surface area contributed by atoms with Crippen LogP contribution in [0.2, 0.25) is 5.02 Å². The van der Waals surface area contributed by atoms with Gasteiger partial charge in [0.2, 0.25) is 0 Å². The summed E-state index contributed by atoms with van der Waals surface area (Å²) in [5.41, 5.74) is 7.72. The summed E-state index contributed by atoms with van der Waals surface area (Å²) in [6.45, 7) is 0.359. The summed E-state index contributed by atoms with van der Waals surface area (Å²) >= 11 is 6.27. The van der Waals surface area contributed by atoms with Gasteiger partial charge >= 0.3 is 0 Å². The van der Waals surface area contributed by atoms with Crippen molar-refractivity contribution in [3.05, 3.63) is 64.7 Å². The Kier molecular flexibility index (Phi) is 3.78. The molecule has 2 aromatic carbocycles. The molecule has 0 radical (unpaired) electrons. The minimum Gasteiger partial charge on any atom is -0.330 e. The van der Waals surface area contributed by atoms with Crippen LogP contribution < -0.4 is 5.73 Å². The van der Waals surface area contributed by atoms with Crippen molar-refractivity contribution in [1.82, 2.24) is 0 Å². The van der Waals surface area contributed by atoms with Crippen molar-refractivity contribution in [2.45, 2.75) is 16.7 Å². The third kappa shape index (κ3) is 2.48. The standard InChI is InChI=1S/C16H16ClNO2S/c17-15-7-3-1-5-11(15)13(9-18)14-10-21(19,20)16-8-4-2-6-12(14)16/h1-8,13-14H,9-10,18H2. The second-order valence-electron chi connectivity index (χ2n) is 5.29. The van der Waals surface area contributed by atoms with Crippen LogP contribution in [0.5, 0.6) is 0 Å². The number of benzene rings is 2. The third-order valence-electron chi connectivity index (χ3n) is 4.10. The van der Waals surface area contributed by atoms with Gasteiger partial charge in [-0.1, -0.05) is 48.0 Å². The lowest BCUT2D eigenvalue weighted by Crippen LogP contribution is -2.22. The van der Waals surface area contributed by atoms with Crippen LogP contribution >= 0.6 is 11.6 Å². The summed E-state index contributed by atoms with van der Waals surface area (Å²) in [6, 6.07) is 14.7. The zero-order chi connectivity index (χ0) is 15.0. The Balaban J connectivity index is 2.10. The molecule has 3 nitrogen and oxygen atoms in total. The summed E-state index contributed by atoms with van der Waals surface area (Å²) in [5, 5.41) is 0.634. The molecule has 5 heteroatoms. The van der Waals surface area contributed by atoms with Crippen molar-refractivity contribution < 1.29 is 8.42 Å². The molecule has 1 heterocycles. The Morgan fingerprint density at radius 3 is 2.52 bits per heavy atom. The normalized spacial score (nSPS) is 21.0. The third-order valence-corrected chi connectivity index (χ3v) is 6.28. The molecule has 0 bridgehead atoms. The first-order valence-corrected chi connectivity index (χ1v) is 8.84. The highest BCUT2D eigenvalue weighted by molar-refractivity contribution is 7.91. The highest BCUT2D eigenvalue weighted by Crippen LogP contribution is 2.44. The van der Waals surface area contributed by atoms with Crippen LogP contribution in [0.1, 0.15) is 23.0 Å². The number of hydrogen-bond acceptors (Lipinski definition) is 3. The van der Waals surface area contributed by atoms with E-state index in [1.54, 1.807) is 12.1 Å². The molecular weight excluding hydrogens is 306 g/mol. The molecule has 2 aromatic rings. The van der Waals surface area contributed by atoms with Gasteiger partial charge in [-0.2, -0.15) is 0 Å². The average molecular weight is 322 g/mol. The average Bonchev–Trinajstić information content (AvgIpc) is 2.74. The van der Waals surface area contributed by atoms with Crippen LogP contribution in [0.3, 0.4) is 0 Å². The van der Waals surface area contributed by atoms with Gasteiger partial charge in [0.15, 0.2) is 9.84 Å². The fourth-order valence-electron chi connectivity index (χ4n) is 3.10. The number of hydrogen-bond donors (Lipinski definition) is 1. The molecule has 1 aliphatic heterocycles. The van der Waals surface area contributed by atoms with Crippen molar-refractivity contribution in [1.29, 1.82) is 0 Å². The molecule has 2 unspecified atom stereocenters. The second kappa shape index (κ2) is 5.44. The largest absolute Gasteiger partial charge is 0.330 e. The first-order chi connectivity index (χ1) is 10.0. The molecule has 1 aliphatic rings. The first kappa shape index (κ1) is 14.6. The summed E-state index contributed by atoms with van der Waals surface area (Å²) in [4.78, 5) is 0.431. The van der Waals surface area contributed by atoms with Gasteiger partial charge in [-0.3, -0.25) is 0 Å². The number of sulfone groups is 1. The molecule has 0 aliphatic carbocycles. The van der Waals surface area contributed by atoms with Crippen LogP contribution in [0, 0.1) is 0 Å². The van der Waals surface area contributed by atoms with Crippen molar-refractivity contribution >= 4 is 21.4 Å². The maximum atomic E-state index is 12.3. The van der Waals surface area contributed by atoms with Crippen LogP contribution in [-0.2, 0) is 9.84 Å². The van der Waals surface area contributed by atoms with E-state index < -0.39 is 9.84 Å². The van der Waals surface area contributed by atoms with Crippen molar-refractivity contribution in [2.24, 2.45) is 5.73 Å². The van der Waals surface area contributed by atoms with Gasteiger partial charge in [0.25, 0.3) is 0 Å². The van der Waals surface area contributed by atoms with Crippen molar-refractivity contribution in [3.63, 3.8) is 0 Å². The van der Waals surface area contributed by atoms with E-state index in [-0.39, 0.29) is 17.6 Å². The predicted molar refractivity (Wildman–Crippen MR) is 84.5 cm³/mol. The van der Waals surface area contributed by atoms with E-state index in [2.05, 4.69) is 0 Å². The molecule has 0 saturated carbocycles. The second-order valence-corrected chi connectivity index (χ2v) is 7.70. The van der Waals surface area contributed by atoms with Gasteiger partial charge in [0.05, 0.1) is 10.6 Å². The fraction of sp³-hybridized carbons (Fsp3) is 0.250. The van der Waals surface area contributed by atoms with Gasteiger partial charge < -0.3 is 5.73 Å². The number of rotatable bonds is 3. The Bertz CT molecular complexity index is 773. The molecule has 2 atom stereocenters. The molecule has 0 amide bonds. The van der Waals surface area contributed by atoms with Crippen molar-refractivity contribution in [2.75, 3.05) is 12.3 Å². The Labute approximate surface area is 129 Å². The maximum Gasteiger partial charge on any atom is 0.179 e. The SMILES string of the molecule is NCC(c1ccccc1Cl)C1CS(=O)(=O)c2ccccc21. The molecule has 0 saturated heterocycles. The quantitative estimate of drug-likeness (QED) is 0.945. The van der Waals surface area contributed by atoms with E-state index in [9.17, 15) is 8.42 Å². The van der Waals surface area contributed by atoms with Crippen LogP contribution in [0.15, 0.2) is 53.4 Å². The summed E-state index contributed by atoms with van der Waals surface area (Å²) < 4.78 is 24.7. The number of fused-ring (bicyclic) bond motifs is 1. The van der Waals surface area contributed by atoms with Crippen LogP contribution in [-0.4, -0.2) is 20.7 Å². The predicted octanol–water partition coefficient (Wildman–Crippen LogP) is 2.95. The van der Waals surface area contributed by atoms with Gasteiger partial charge in [-0.15, -0.1) is 0 Å². The van der Waals surface area contributed by atoms with E-state index in [0.717, 1.165) is 11.1 Å². The summed E-state index contributed by atoms with van der Waals surface area (Å²) in [7, 11) is -3.23. The molecule has 21 heavy (non-hydrogen) atoms. The van der Waals surface area contributed by atoms with Gasteiger partial charge in [-0.25, -0.2) is 8.42 Å². The number of nitrogens with two attached hydrogens (primary N) is 1. The lowest BCUT2D eigenvalue weighted by Gasteiger charge is -2.23. The topological polar surface area (TPSA) is 60.2 Å². The highest BCUT2D eigenvalue weighted by Gasteiger charge is 2.39. The molecule has 0 fully saturated rings. The molecule has 0 aromatic heterocycles. The zero-order valence-corrected chi connectivity index (χ0v) is 12.9. The smallest absolute Gasteiger partial charge is 0.179 e. The lowest BCUT2D eigenvalue weighted by molar-refractivity contribution is 0.573. The first-order valence-electron chi connectivity index (χ1n) is 6.81. The minimum absolute atomic E-state index is 0.0967. The Hall–Kier alpha value is -1.36. The van der Waals surface area contributed by atoms with E-state index in [1.165, 1.54) is 0 Å². The van der Waals surface area contributed by atoms with Crippen LogP contribution in [0.25, 0.3) is 0 Å². The minimum atomic E-state index is -3.23. The Morgan fingerprint density at radius 1 is 1.14 bits per heavy atom. The fourth-order valence-corrected chi connectivity index (χ4v) is 5.31. The van der Waals surface area contributed by atoms with Gasteiger partial charge in [0, 0.05) is 16.9 Å². The van der Waals surface area contributed by atoms with Crippen molar-refractivity contribution in [3.8, 4) is 0 Å². The number of halogens is 1. The zero-order valence-electron chi connectivity index (χ0n) is 11.4. The summed E-state index contributed by atoms with van der Waals surface area (Å²) in [5.74, 6) is -0.146. The lowest BCUT2D eigenvalue weighted by atomic mass is 9.83. The van der Waals surface area contributed by atoms with E-state index in [0.29, 0.717) is 16.5 Å². The Morgan fingerprint density at radius 2 is 1.81 bits per heavy atom. The van der Waals surface area contributed by atoms with E-state index >= 15 is 0 Å². The molecule has 3 rings (SSSR count). The van der Waals surface area contributed by atoms with Gasteiger partial charge in [0.1, 0.15) is 0 Å².